The maximum Gasteiger partial charge on any atom is 0.307 e. The number of ether oxygens (including phenoxy) is 1. The summed E-state index contributed by atoms with van der Waals surface area (Å²) in [4.78, 5) is 24.9. The molecule has 1 rings (SSSR count). The molecule has 0 aliphatic rings. The molecule has 0 spiro atoms. The highest BCUT2D eigenvalue weighted by Gasteiger charge is 2.16. The van der Waals surface area contributed by atoms with E-state index in [0.29, 0.717) is 24.2 Å². The molecule has 0 saturated carbocycles. The Morgan fingerprint density at radius 3 is 2.58 bits per heavy atom. The normalized spacial score (nSPS) is 10.1. The van der Waals surface area contributed by atoms with Crippen LogP contribution in [0.5, 0.6) is 5.75 Å². The SMILES string of the molecule is CCN(CCC(=O)OC)C(=O)c1ccc(O)c(C)c1. The lowest BCUT2D eigenvalue weighted by Gasteiger charge is -2.20. The van der Waals surface area contributed by atoms with E-state index in [1.165, 1.54) is 13.2 Å². The van der Waals surface area contributed by atoms with Gasteiger partial charge < -0.3 is 14.7 Å². The van der Waals surface area contributed by atoms with Crippen LogP contribution in [0.25, 0.3) is 0 Å². The van der Waals surface area contributed by atoms with E-state index in [0.717, 1.165) is 0 Å². The third kappa shape index (κ3) is 3.98. The molecule has 1 aromatic rings. The van der Waals surface area contributed by atoms with Crippen LogP contribution in [-0.2, 0) is 9.53 Å². The second-order valence-corrected chi connectivity index (χ2v) is 4.21. The van der Waals surface area contributed by atoms with Gasteiger partial charge in [-0.25, -0.2) is 0 Å². The van der Waals surface area contributed by atoms with E-state index in [9.17, 15) is 14.7 Å². The van der Waals surface area contributed by atoms with Crippen LogP contribution in [0.1, 0.15) is 29.3 Å². The Morgan fingerprint density at radius 2 is 2.05 bits per heavy atom. The average Bonchev–Trinajstić information content (AvgIpc) is 2.41. The lowest BCUT2D eigenvalue weighted by Crippen LogP contribution is -2.33. The highest BCUT2D eigenvalue weighted by molar-refractivity contribution is 5.94. The summed E-state index contributed by atoms with van der Waals surface area (Å²) in [5.74, 6) is -0.336. The van der Waals surface area contributed by atoms with E-state index in [4.69, 9.17) is 0 Å². The highest BCUT2D eigenvalue weighted by Crippen LogP contribution is 2.18. The van der Waals surface area contributed by atoms with Gasteiger partial charge in [0.05, 0.1) is 13.5 Å². The fraction of sp³-hybridized carbons (Fsp3) is 0.429. The molecule has 0 saturated heterocycles. The molecule has 0 fully saturated rings. The number of carbonyl (C=O) groups is 2. The minimum Gasteiger partial charge on any atom is -0.508 e. The molecule has 0 aliphatic heterocycles. The molecule has 5 nitrogen and oxygen atoms in total. The zero-order valence-corrected chi connectivity index (χ0v) is 11.5. The van der Waals surface area contributed by atoms with Crippen LogP contribution in [0.3, 0.4) is 0 Å². The third-order valence-electron chi connectivity index (χ3n) is 2.93. The lowest BCUT2D eigenvalue weighted by molar-refractivity contribution is -0.140. The lowest BCUT2D eigenvalue weighted by atomic mass is 10.1. The first-order chi connectivity index (χ1) is 8.99. The number of hydrogen-bond acceptors (Lipinski definition) is 4. The second-order valence-electron chi connectivity index (χ2n) is 4.21. The van der Waals surface area contributed by atoms with Gasteiger partial charge in [0.1, 0.15) is 5.75 Å². The van der Waals surface area contributed by atoms with Gasteiger partial charge in [-0.05, 0) is 37.6 Å². The van der Waals surface area contributed by atoms with Crippen molar-refractivity contribution in [2.75, 3.05) is 20.2 Å². The van der Waals surface area contributed by atoms with E-state index < -0.39 is 0 Å². The fourth-order valence-corrected chi connectivity index (χ4v) is 1.70. The number of aryl methyl sites for hydroxylation is 1. The maximum absolute atomic E-state index is 12.2. The quantitative estimate of drug-likeness (QED) is 0.823. The number of benzene rings is 1. The van der Waals surface area contributed by atoms with Gasteiger partial charge in [-0.2, -0.15) is 0 Å². The molecule has 19 heavy (non-hydrogen) atoms. The summed E-state index contributed by atoms with van der Waals surface area (Å²) in [6.07, 6.45) is 0.174. The average molecular weight is 265 g/mol. The Balaban J connectivity index is 2.77. The van der Waals surface area contributed by atoms with Crippen LogP contribution in [0.2, 0.25) is 0 Å². The van der Waals surface area contributed by atoms with E-state index in [1.807, 2.05) is 6.92 Å². The standard InChI is InChI=1S/C14H19NO4/c1-4-15(8-7-13(17)19-3)14(18)11-5-6-12(16)10(2)9-11/h5-6,9,16H,4,7-8H2,1-3H3. The van der Waals surface area contributed by atoms with Crippen molar-refractivity contribution in [1.82, 2.24) is 4.90 Å². The smallest absolute Gasteiger partial charge is 0.307 e. The number of aromatic hydroxyl groups is 1. The van der Waals surface area contributed by atoms with E-state index >= 15 is 0 Å². The van der Waals surface area contributed by atoms with Crippen LogP contribution >= 0.6 is 0 Å². The number of phenolic OH excluding ortho intramolecular Hbond substituents is 1. The van der Waals surface area contributed by atoms with Crippen molar-refractivity contribution in [3.8, 4) is 5.75 Å². The molecular formula is C14H19NO4. The number of esters is 1. The monoisotopic (exact) mass is 265 g/mol. The van der Waals surface area contributed by atoms with Crippen LogP contribution < -0.4 is 0 Å². The van der Waals surface area contributed by atoms with Gasteiger partial charge >= 0.3 is 5.97 Å². The number of methoxy groups -OCH3 is 1. The van der Waals surface area contributed by atoms with Gasteiger partial charge in [0.25, 0.3) is 5.91 Å². The predicted octanol–water partition coefficient (Wildman–Crippen LogP) is 1.73. The molecule has 1 N–H and O–H groups in total. The van der Waals surface area contributed by atoms with Gasteiger partial charge in [0, 0.05) is 18.7 Å². The summed E-state index contributed by atoms with van der Waals surface area (Å²) in [6, 6.07) is 4.71. The number of amides is 1. The van der Waals surface area contributed by atoms with Crippen molar-refractivity contribution in [3.05, 3.63) is 29.3 Å². The predicted molar refractivity (Wildman–Crippen MR) is 71.1 cm³/mol. The molecular weight excluding hydrogens is 246 g/mol. The molecule has 0 aromatic heterocycles. The molecule has 5 heteroatoms. The second kappa shape index (κ2) is 6.78. The first-order valence-corrected chi connectivity index (χ1v) is 6.15. The van der Waals surface area contributed by atoms with Crippen molar-refractivity contribution in [2.45, 2.75) is 20.3 Å². The number of phenols is 1. The van der Waals surface area contributed by atoms with Crippen molar-refractivity contribution in [1.29, 1.82) is 0 Å². The Morgan fingerprint density at radius 1 is 1.37 bits per heavy atom. The zero-order chi connectivity index (χ0) is 14.4. The van der Waals surface area contributed by atoms with Crippen molar-refractivity contribution in [3.63, 3.8) is 0 Å². The number of carbonyl (C=O) groups excluding carboxylic acids is 2. The largest absolute Gasteiger partial charge is 0.508 e. The summed E-state index contributed by atoms with van der Waals surface area (Å²) < 4.78 is 4.56. The summed E-state index contributed by atoms with van der Waals surface area (Å²) >= 11 is 0. The van der Waals surface area contributed by atoms with Crippen molar-refractivity contribution >= 4 is 11.9 Å². The number of nitrogens with zero attached hydrogens (tertiary/aromatic N) is 1. The van der Waals surface area contributed by atoms with Crippen LogP contribution in [0.15, 0.2) is 18.2 Å². The summed E-state index contributed by atoms with van der Waals surface area (Å²) in [6.45, 7) is 4.41. The third-order valence-corrected chi connectivity index (χ3v) is 2.93. The Kier molecular flexibility index (Phi) is 5.36. The summed E-state index contributed by atoms with van der Waals surface area (Å²) in [5.41, 5.74) is 1.15. The molecule has 1 amide bonds. The van der Waals surface area contributed by atoms with Crippen LogP contribution in [0.4, 0.5) is 0 Å². The first kappa shape index (κ1) is 15.0. The fourth-order valence-electron chi connectivity index (χ4n) is 1.70. The number of rotatable bonds is 5. The van der Waals surface area contributed by atoms with Gasteiger partial charge in [0.2, 0.25) is 0 Å². The minimum absolute atomic E-state index is 0.158. The van der Waals surface area contributed by atoms with Crippen LogP contribution in [-0.4, -0.2) is 42.1 Å². The Labute approximate surface area is 112 Å². The molecule has 0 atom stereocenters. The van der Waals surface area contributed by atoms with Gasteiger partial charge in [-0.15, -0.1) is 0 Å². The first-order valence-electron chi connectivity index (χ1n) is 6.15. The molecule has 0 bridgehead atoms. The van der Waals surface area contributed by atoms with Gasteiger partial charge in [-0.1, -0.05) is 0 Å². The summed E-state index contributed by atoms with van der Waals surface area (Å²) in [7, 11) is 1.32. The Bertz CT molecular complexity index is 471. The Hall–Kier alpha value is -2.04. The minimum atomic E-state index is -0.340. The molecule has 0 radical (unpaired) electrons. The number of hydrogen-bond donors (Lipinski definition) is 1. The topological polar surface area (TPSA) is 66.8 Å². The zero-order valence-electron chi connectivity index (χ0n) is 11.5. The molecule has 1 aromatic carbocycles. The van der Waals surface area contributed by atoms with Gasteiger partial charge in [-0.3, -0.25) is 9.59 Å². The highest BCUT2D eigenvalue weighted by atomic mass is 16.5. The van der Waals surface area contributed by atoms with Crippen LogP contribution in [0, 0.1) is 6.92 Å². The van der Waals surface area contributed by atoms with E-state index in [1.54, 1.807) is 24.0 Å². The maximum atomic E-state index is 12.2. The molecule has 0 aliphatic carbocycles. The van der Waals surface area contributed by atoms with Crippen molar-refractivity contribution < 1.29 is 19.4 Å². The van der Waals surface area contributed by atoms with E-state index in [-0.39, 0.29) is 24.0 Å². The van der Waals surface area contributed by atoms with Gasteiger partial charge in [0.15, 0.2) is 0 Å². The molecule has 0 heterocycles. The summed E-state index contributed by atoms with van der Waals surface area (Å²) in [5, 5.41) is 9.44. The van der Waals surface area contributed by atoms with E-state index in [2.05, 4.69) is 4.74 Å². The molecule has 104 valence electrons. The molecule has 0 unspecified atom stereocenters. The van der Waals surface area contributed by atoms with Crippen molar-refractivity contribution in [2.24, 2.45) is 0 Å².